The molecule has 0 radical (unpaired) electrons. The van der Waals surface area contributed by atoms with Gasteiger partial charge in [-0.3, -0.25) is 9.69 Å². The Bertz CT molecular complexity index is 897. The number of hydrogen-bond acceptors (Lipinski definition) is 5. The second kappa shape index (κ2) is 7.46. The van der Waals surface area contributed by atoms with Crippen molar-refractivity contribution in [3.63, 3.8) is 0 Å². The Balaban J connectivity index is 2.17. The first kappa shape index (κ1) is 19.6. The van der Waals surface area contributed by atoms with E-state index < -0.39 is 6.09 Å². The second-order valence-corrected chi connectivity index (χ2v) is 7.38. The van der Waals surface area contributed by atoms with Crippen LogP contribution in [0, 0.1) is 0 Å². The Hall–Kier alpha value is -3.16. The van der Waals surface area contributed by atoms with E-state index in [1.165, 1.54) is 11.8 Å². The molecule has 148 valence electrons. The number of nitrogens with zero attached hydrogens (tertiary/aromatic N) is 4. The highest BCUT2D eigenvalue weighted by Gasteiger charge is 2.38. The summed E-state index contributed by atoms with van der Waals surface area (Å²) in [6.07, 6.45) is 2.81. The zero-order valence-corrected chi connectivity index (χ0v) is 16.5. The number of carbonyl (C=O) groups is 2. The molecular weight excluding hydrogens is 358 g/mol. The summed E-state index contributed by atoms with van der Waals surface area (Å²) in [6.45, 7) is 7.18. The molecule has 1 aromatic carbocycles. The Labute approximate surface area is 164 Å². The zero-order valence-electron chi connectivity index (χ0n) is 16.5. The predicted octanol–water partition coefficient (Wildman–Crippen LogP) is 3.30. The van der Waals surface area contributed by atoms with Crippen molar-refractivity contribution >= 4 is 23.6 Å². The monoisotopic (exact) mass is 383 g/mol. The quantitative estimate of drug-likeness (QED) is 0.841. The summed E-state index contributed by atoms with van der Waals surface area (Å²) in [6, 6.07) is 5.02. The zero-order chi connectivity index (χ0) is 20.6. The van der Waals surface area contributed by atoms with E-state index in [0.29, 0.717) is 6.42 Å². The standard InChI is InChI=1S/C20H25N5O3/c1-11(2)24(20(27)28)18-7-12(3)25(13(4)26)17-6-5-14(8-16(17)18)15-9-22-19(21)23-10-15/h5-6,8-12,18H,7H2,1-4H3,(H,27,28)(H2,21,22,23)/t12-,18+/m0/s1. The van der Waals surface area contributed by atoms with Gasteiger partial charge in [0.05, 0.1) is 6.04 Å². The number of fused-ring (bicyclic) bond motifs is 1. The molecule has 1 aromatic heterocycles. The van der Waals surface area contributed by atoms with E-state index in [1.54, 1.807) is 17.3 Å². The van der Waals surface area contributed by atoms with Gasteiger partial charge in [-0.25, -0.2) is 14.8 Å². The van der Waals surface area contributed by atoms with E-state index in [2.05, 4.69) is 9.97 Å². The molecule has 2 aromatic rings. The molecule has 3 N–H and O–H groups in total. The van der Waals surface area contributed by atoms with Crippen molar-refractivity contribution in [2.45, 2.75) is 52.2 Å². The van der Waals surface area contributed by atoms with Crippen LogP contribution in [0.3, 0.4) is 0 Å². The van der Waals surface area contributed by atoms with Crippen LogP contribution in [0.2, 0.25) is 0 Å². The van der Waals surface area contributed by atoms with E-state index in [1.807, 2.05) is 39.0 Å². The van der Waals surface area contributed by atoms with E-state index in [9.17, 15) is 14.7 Å². The molecule has 28 heavy (non-hydrogen) atoms. The number of aromatic nitrogens is 2. The molecule has 2 amide bonds. The summed E-state index contributed by atoms with van der Waals surface area (Å²) in [5, 5.41) is 9.81. The first-order valence-corrected chi connectivity index (χ1v) is 9.23. The first-order chi connectivity index (χ1) is 13.2. The smallest absolute Gasteiger partial charge is 0.408 e. The second-order valence-electron chi connectivity index (χ2n) is 7.38. The SMILES string of the molecule is CC(=O)N1c2ccc(-c3cnc(N)nc3)cc2[C@H](N(C(=O)O)C(C)C)C[C@@H]1C. The fraction of sp³-hybridized carbons (Fsp3) is 0.400. The van der Waals surface area contributed by atoms with Gasteiger partial charge in [0.25, 0.3) is 0 Å². The van der Waals surface area contributed by atoms with Crippen LogP contribution >= 0.6 is 0 Å². The van der Waals surface area contributed by atoms with Gasteiger partial charge < -0.3 is 15.7 Å². The minimum atomic E-state index is -0.976. The fourth-order valence-electron chi connectivity index (χ4n) is 3.96. The van der Waals surface area contributed by atoms with Crippen molar-refractivity contribution in [3.8, 4) is 11.1 Å². The number of carboxylic acid groups (broad SMARTS) is 1. The molecule has 0 saturated carbocycles. The van der Waals surface area contributed by atoms with Crippen molar-refractivity contribution in [3.05, 3.63) is 36.2 Å². The molecule has 0 fully saturated rings. The van der Waals surface area contributed by atoms with Gasteiger partial charge in [-0.05, 0) is 50.5 Å². The summed E-state index contributed by atoms with van der Waals surface area (Å²) in [5.74, 6) is 0.121. The molecule has 8 nitrogen and oxygen atoms in total. The van der Waals surface area contributed by atoms with Crippen molar-refractivity contribution < 1.29 is 14.7 Å². The number of amides is 2. The van der Waals surface area contributed by atoms with E-state index >= 15 is 0 Å². The van der Waals surface area contributed by atoms with Gasteiger partial charge in [-0.15, -0.1) is 0 Å². The third kappa shape index (κ3) is 3.49. The lowest BCUT2D eigenvalue weighted by Crippen LogP contribution is -2.48. The summed E-state index contributed by atoms with van der Waals surface area (Å²) in [4.78, 5) is 35.5. The number of rotatable bonds is 3. The molecule has 1 aliphatic rings. The first-order valence-electron chi connectivity index (χ1n) is 9.23. The molecule has 2 heterocycles. The lowest BCUT2D eigenvalue weighted by molar-refractivity contribution is -0.117. The molecule has 0 saturated heterocycles. The molecule has 0 aliphatic carbocycles. The van der Waals surface area contributed by atoms with Gasteiger partial charge in [-0.2, -0.15) is 0 Å². The maximum absolute atomic E-state index is 12.3. The molecule has 0 bridgehead atoms. The minimum absolute atomic E-state index is 0.0674. The highest BCUT2D eigenvalue weighted by atomic mass is 16.4. The van der Waals surface area contributed by atoms with Gasteiger partial charge in [0, 0.05) is 42.7 Å². The average molecular weight is 383 g/mol. The molecule has 0 spiro atoms. The number of nitrogen functional groups attached to an aromatic ring is 1. The van der Waals surface area contributed by atoms with Gasteiger partial charge in [0.1, 0.15) is 0 Å². The molecule has 8 heteroatoms. The Morgan fingerprint density at radius 1 is 1.25 bits per heavy atom. The average Bonchev–Trinajstić information content (AvgIpc) is 2.61. The largest absolute Gasteiger partial charge is 0.465 e. The highest BCUT2D eigenvalue weighted by molar-refractivity contribution is 5.94. The highest BCUT2D eigenvalue weighted by Crippen LogP contribution is 2.43. The molecule has 0 unspecified atom stereocenters. The molecule has 2 atom stereocenters. The van der Waals surface area contributed by atoms with Crippen LogP contribution in [-0.2, 0) is 4.79 Å². The van der Waals surface area contributed by atoms with Crippen LogP contribution in [0.4, 0.5) is 16.4 Å². The Kier molecular flexibility index (Phi) is 5.22. The van der Waals surface area contributed by atoms with Crippen LogP contribution in [0.5, 0.6) is 0 Å². The lowest BCUT2D eigenvalue weighted by Gasteiger charge is -2.43. The third-order valence-electron chi connectivity index (χ3n) is 5.11. The number of anilines is 2. The summed E-state index contributed by atoms with van der Waals surface area (Å²) < 4.78 is 0. The maximum Gasteiger partial charge on any atom is 0.408 e. The van der Waals surface area contributed by atoms with Crippen LogP contribution in [0.1, 0.15) is 45.7 Å². The Morgan fingerprint density at radius 2 is 1.89 bits per heavy atom. The number of hydrogen-bond donors (Lipinski definition) is 2. The van der Waals surface area contributed by atoms with Crippen molar-refractivity contribution in [2.24, 2.45) is 0 Å². The maximum atomic E-state index is 12.3. The van der Waals surface area contributed by atoms with Crippen LogP contribution < -0.4 is 10.6 Å². The van der Waals surface area contributed by atoms with Gasteiger partial charge in [0.2, 0.25) is 11.9 Å². The molecular formula is C20H25N5O3. The predicted molar refractivity (Wildman–Crippen MR) is 107 cm³/mol. The van der Waals surface area contributed by atoms with Crippen molar-refractivity contribution in [2.75, 3.05) is 10.6 Å². The van der Waals surface area contributed by atoms with Gasteiger partial charge >= 0.3 is 6.09 Å². The topological polar surface area (TPSA) is 113 Å². The summed E-state index contributed by atoms with van der Waals surface area (Å²) >= 11 is 0. The number of nitrogens with two attached hydrogens (primary N) is 1. The fourth-order valence-corrected chi connectivity index (χ4v) is 3.96. The van der Waals surface area contributed by atoms with Crippen LogP contribution in [0.15, 0.2) is 30.6 Å². The number of carbonyl (C=O) groups excluding carboxylic acids is 1. The lowest BCUT2D eigenvalue weighted by atomic mass is 9.88. The van der Waals surface area contributed by atoms with E-state index in [4.69, 9.17) is 5.73 Å². The van der Waals surface area contributed by atoms with Gasteiger partial charge in [-0.1, -0.05) is 6.07 Å². The molecule has 3 rings (SSSR count). The summed E-state index contributed by atoms with van der Waals surface area (Å²) in [5.41, 5.74) is 8.73. The molecule has 1 aliphatic heterocycles. The van der Waals surface area contributed by atoms with Crippen LogP contribution in [-0.4, -0.2) is 44.1 Å². The van der Waals surface area contributed by atoms with Crippen LogP contribution in [0.25, 0.3) is 11.1 Å². The number of benzene rings is 1. The minimum Gasteiger partial charge on any atom is -0.465 e. The van der Waals surface area contributed by atoms with E-state index in [-0.39, 0.29) is 30.0 Å². The van der Waals surface area contributed by atoms with Crippen molar-refractivity contribution in [1.29, 1.82) is 0 Å². The van der Waals surface area contributed by atoms with Gasteiger partial charge in [0.15, 0.2) is 0 Å². The Morgan fingerprint density at radius 3 is 2.43 bits per heavy atom. The van der Waals surface area contributed by atoms with Crippen molar-refractivity contribution in [1.82, 2.24) is 14.9 Å². The van der Waals surface area contributed by atoms with E-state index in [0.717, 1.165) is 22.4 Å². The normalized spacial score (nSPS) is 18.7. The third-order valence-corrected chi connectivity index (χ3v) is 5.11. The summed E-state index contributed by atoms with van der Waals surface area (Å²) in [7, 11) is 0.